The van der Waals surface area contributed by atoms with E-state index in [-0.39, 0.29) is 17.5 Å². The van der Waals surface area contributed by atoms with Gasteiger partial charge in [0.2, 0.25) is 0 Å². The largest absolute Gasteiger partial charge is 0.455 e. The molecule has 2 heterocycles. The molecule has 1 aromatic heterocycles. The molecule has 3 aromatic rings. The Kier molecular flexibility index (Phi) is 6.09. The van der Waals surface area contributed by atoms with Crippen molar-refractivity contribution in [3.8, 4) is 11.5 Å². The van der Waals surface area contributed by atoms with Crippen LogP contribution in [-0.2, 0) is 17.4 Å². The molecule has 1 unspecified atom stereocenters. The van der Waals surface area contributed by atoms with E-state index in [1.54, 1.807) is 0 Å². The molecular formula is C23H21F3N4O2. The number of rotatable bonds is 5. The molecule has 1 aliphatic heterocycles. The van der Waals surface area contributed by atoms with Gasteiger partial charge in [0.25, 0.3) is 0 Å². The van der Waals surface area contributed by atoms with Crippen LogP contribution < -0.4 is 10.2 Å². The van der Waals surface area contributed by atoms with E-state index in [2.05, 4.69) is 40.8 Å². The Balaban J connectivity index is 1.59. The van der Waals surface area contributed by atoms with Gasteiger partial charge in [-0.2, -0.15) is 23.4 Å². The lowest BCUT2D eigenvalue weighted by atomic mass is 9.99. The van der Waals surface area contributed by atoms with Crippen LogP contribution in [0.2, 0.25) is 0 Å². The first-order chi connectivity index (χ1) is 15.3. The standard InChI is InChI=1S/C23H21F3N4O2/c1-14-6-7-16(15(2)8-14)9-18-13-31-30-22(29-18)20-11-27-28-12-21(20)32-19-5-3-4-17(10-19)23(24,25)26/h3-8,10-12,18H,9,13H2,1-2H3,(H,29,30). The number of ether oxygens (including phenoxy) is 1. The van der Waals surface area contributed by atoms with Crippen molar-refractivity contribution in [1.82, 2.24) is 15.7 Å². The van der Waals surface area contributed by atoms with Gasteiger partial charge < -0.3 is 4.74 Å². The number of alkyl halides is 3. The molecule has 0 fully saturated rings. The number of aromatic nitrogens is 2. The van der Waals surface area contributed by atoms with Crippen LogP contribution in [0.3, 0.4) is 0 Å². The molecule has 1 N–H and O–H groups in total. The summed E-state index contributed by atoms with van der Waals surface area (Å²) in [4.78, 5) is 10.2. The maximum Gasteiger partial charge on any atom is 0.416 e. The number of hydrogen-bond acceptors (Lipinski definition) is 6. The van der Waals surface area contributed by atoms with E-state index < -0.39 is 11.7 Å². The van der Waals surface area contributed by atoms with E-state index in [0.29, 0.717) is 24.4 Å². The number of amidine groups is 1. The second kappa shape index (κ2) is 8.96. The highest BCUT2D eigenvalue weighted by Crippen LogP contribution is 2.33. The third-order valence-electron chi connectivity index (χ3n) is 5.05. The molecule has 9 heteroatoms. The Morgan fingerprint density at radius 3 is 2.69 bits per heavy atom. The predicted octanol–water partition coefficient (Wildman–Crippen LogP) is 4.80. The molecule has 0 amide bonds. The van der Waals surface area contributed by atoms with Gasteiger partial charge in [0.15, 0.2) is 11.6 Å². The molecule has 4 rings (SSSR count). The minimum atomic E-state index is -4.47. The highest BCUT2D eigenvalue weighted by molar-refractivity contribution is 6.00. The van der Waals surface area contributed by atoms with Gasteiger partial charge in [-0.15, -0.1) is 0 Å². The van der Waals surface area contributed by atoms with Gasteiger partial charge in [0.1, 0.15) is 5.75 Å². The summed E-state index contributed by atoms with van der Waals surface area (Å²) >= 11 is 0. The Labute approximate surface area is 183 Å². The fraction of sp³-hybridized carbons (Fsp3) is 0.261. The van der Waals surface area contributed by atoms with Gasteiger partial charge in [-0.1, -0.05) is 29.8 Å². The normalized spacial score (nSPS) is 16.3. The average Bonchev–Trinajstić information content (AvgIpc) is 2.76. The van der Waals surface area contributed by atoms with Gasteiger partial charge in [-0.25, -0.2) is 5.48 Å². The van der Waals surface area contributed by atoms with Crippen molar-refractivity contribution < 1.29 is 22.7 Å². The van der Waals surface area contributed by atoms with Crippen LogP contribution in [0.25, 0.3) is 0 Å². The molecule has 1 aliphatic rings. The molecule has 166 valence electrons. The van der Waals surface area contributed by atoms with E-state index in [4.69, 9.17) is 14.6 Å². The zero-order valence-electron chi connectivity index (χ0n) is 17.5. The highest BCUT2D eigenvalue weighted by atomic mass is 19.4. The number of halogens is 3. The summed E-state index contributed by atoms with van der Waals surface area (Å²) in [5, 5.41) is 7.66. The predicted molar refractivity (Wildman–Crippen MR) is 113 cm³/mol. The minimum absolute atomic E-state index is 0.0261. The number of aliphatic imine (C=N–C) groups is 1. The number of aryl methyl sites for hydroxylation is 2. The van der Waals surface area contributed by atoms with Crippen LogP contribution in [0.15, 0.2) is 59.9 Å². The second-order valence-corrected chi connectivity index (χ2v) is 7.57. The first kappa shape index (κ1) is 21.8. The van der Waals surface area contributed by atoms with E-state index >= 15 is 0 Å². The first-order valence-electron chi connectivity index (χ1n) is 9.97. The lowest BCUT2D eigenvalue weighted by Gasteiger charge is -2.23. The smallest absolute Gasteiger partial charge is 0.416 e. The second-order valence-electron chi connectivity index (χ2n) is 7.57. The molecule has 2 aromatic carbocycles. The summed E-state index contributed by atoms with van der Waals surface area (Å²) in [5.74, 6) is 0.613. The summed E-state index contributed by atoms with van der Waals surface area (Å²) in [6, 6.07) is 10.7. The fourth-order valence-electron chi connectivity index (χ4n) is 3.44. The summed E-state index contributed by atoms with van der Waals surface area (Å²) < 4.78 is 44.8. The van der Waals surface area contributed by atoms with Crippen molar-refractivity contribution in [2.75, 3.05) is 6.61 Å². The van der Waals surface area contributed by atoms with Crippen LogP contribution in [0.5, 0.6) is 11.5 Å². The van der Waals surface area contributed by atoms with Gasteiger partial charge in [0.05, 0.1) is 36.2 Å². The summed E-state index contributed by atoms with van der Waals surface area (Å²) in [6.07, 6.45) is -1.03. The maximum absolute atomic E-state index is 13.0. The number of hydroxylamine groups is 1. The van der Waals surface area contributed by atoms with Crippen molar-refractivity contribution in [3.63, 3.8) is 0 Å². The van der Waals surface area contributed by atoms with Gasteiger partial charge >= 0.3 is 6.18 Å². The van der Waals surface area contributed by atoms with Crippen molar-refractivity contribution in [2.24, 2.45) is 4.99 Å². The quantitative estimate of drug-likeness (QED) is 0.615. The first-order valence-corrected chi connectivity index (χ1v) is 9.97. The highest BCUT2D eigenvalue weighted by Gasteiger charge is 2.31. The summed E-state index contributed by atoms with van der Waals surface area (Å²) in [6.45, 7) is 4.48. The Morgan fingerprint density at radius 2 is 1.91 bits per heavy atom. The van der Waals surface area contributed by atoms with Gasteiger partial charge in [0, 0.05) is 0 Å². The molecule has 0 spiro atoms. The topological polar surface area (TPSA) is 68.6 Å². The van der Waals surface area contributed by atoms with Crippen molar-refractivity contribution >= 4 is 5.84 Å². The summed E-state index contributed by atoms with van der Waals surface area (Å²) in [5.41, 5.74) is 5.93. The molecule has 0 radical (unpaired) electrons. The SMILES string of the molecule is Cc1ccc(CC2CONC(c3cnncc3Oc3cccc(C(F)(F)F)c3)=N2)c(C)c1. The fourth-order valence-corrected chi connectivity index (χ4v) is 3.44. The Morgan fingerprint density at radius 1 is 1.09 bits per heavy atom. The van der Waals surface area contributed by atoms with E-state index in [1.165, 1.54) is 41.2 Å². The molecule has 1 atom stereocenters. The minimum Gasteiger partial charge on any atom is -0.455 e. The van der Waals surface area contributed by atoms with Crippen LogP contribution >= 0.6 is 0 Å². The molecule has 6 nitrogen and oxygen atoms in total. The average molecular weight is 442 g/mol. The third kappa shape index (κ3) is 5.05. The van der Waals surface area contributed by atoms with Crippen molar-refractivity contribution in [1.29, 1.82) is 0 Å². The Bertz CT molecular complexity index is 1150. The molecule has 0 aliphatic carbocycles. The monoisotopic (exact) mass is 442 g/mol. The van der Waals surface area contributed by atoms with Crippen LogP contribution in [-0.4, -0.2) is 28.7 Å². The number of nitrogens with zero attached hydrogens (tertiary/aromatic N) is 3. The lowest BCUT2D eigenvalue weighted by molar-refractivity contribution is -0.137. The molecular weight excluding hydrogens is 421 g/mol. The van der Waals surface area contributed by atoms with Crippen LogP contribution in [0.1, 0.15) is 27.8 Å². The van der Waals surface area contributed by atoms with E-state index in [1.807, 2.05) is 6.92 Å². The van der Waals surface area contributed by atoms with Gasteiger partial charge in [-0.05, 0) is 49.6 Å². The number of hydrogen-bond donors (Lipinski definition) is 1. The molecule has 0 saturated heterocycles. The number of nitrogens with one attached hydrogen (secondary N) is 1. The summed E-state index contributed by atoms with van der Waals surface area (Å²) in [7, 11) is 0. The zero-order chi connectivity index (χ0) is 22.7. The zero-order valence-corrected chi connectivity index (χ0v) is 17.5. The third-order valence-corrected chi connectivity index (χ3v) is 5.05. The van der Waals surface area contributed by atoms with Crippen LogP contribution in [0, 0.1) is 13.8 Å². The van der Waals surface area contributed by atoms with E-state index in [9.17, 15) is 13.2 Å². The van der Waals surface area contributed by atoms with E-state index in [0.717, 1.165) is 12.1 Å². The van der Waals surface area contributed by atoms with Crippen molar-refractivity contribution in [3.05, 3.63) is 82.7 Å². The molecule has 0 saturated carbocycles. The maximum atomic E-state index is 13.0. The molecule has 0 bridgehead atoms. The number of benzene rings is 2. The van der Waals surface area contributed by atoms with Gasteiger partial charge in [-0.3, -0.25) is 9.83 Å². The van der Waals surface area contributed by atoms with Crippen molar-refractivity contribution in [2.45, 2.75) is 32.5 Å². The Hall–Kier alpha value is -3.46. The van der Waals surface area contributed by atoms with Crippen LogP contribution in [0.4, 0.5) is 13.2 Å². The molecule has 32 heavy (non-hydrogen) atoms. The lowest BCUT2D eigenvalue weighted by Crippen LogP contribution is -2.37.